The molecule has 0 saturated heterocycles. The Morgan fingerprint density at radius 2 is 1.65 bits per heavy atom. The van der Waals surface area contributed by atoms with Crippen LogP contribution in [0.4, 0.5) is 5.13 Å². The lowest BCUT2D eigenvalue weighted by atomic mass is 10.1. The van der Waals surface area contributed by atoms with Crippen LogP contribution in [0.2, 0.25) is 20.1 Å². The first-order valence-corrected chi connectivity index (χ1v) is 13.2. The Morgan fingerprint density at radius 3 is 2.30 bits per heavy atom. The Hall–Kier alpha value is -2.81. The van der Waals surface area contributed by atoms with Crippen LogP contribution in [0, 0.1) is 0 Å². The molecule has 0 spiro atoms. The van der Waals surface area contributed by atoms with E-state index >= 15 is 0 Å². The van der Waals surface area contributed by atoms with Crippen LogP contribution in [0.1, 0.15) is 32.5 Å². The van der Waals surface area contributed by atoms with Crippen LogP contribution in [0.3, 0.4) is 0 Å². The summed E-state index contributed by atoms with van der Waals surface area (Å²) in [4.78, 5) is 30.1. The van der Waals surface area contributed by atoms with Gasteiger partial charge in [0.15, 0.2) is 5.13 Å². The van der Waals surface area contributed by atoms with Crippen LogP contribution in [0.15, 0.2) is 60.7 Å². The zero-order valence-electron chi connectivity index (χ0n) is 19.2. The molecule has 37 heavy (non-hydrogen) atoms. The molecule has 1 amide bonds. The van der Waals surface area contributed by atoms with Gasteiger partial charge in [-0.2, -0.15) is 0 Å². The molecule has 0 bridgehead atoms. The molecular formula is C26H18Cl4N2O4S. The van der Waals surface area contributed by atoms with E-state index in [1.807, 2.05) is 0 Å². The summed E-state index contributed by atoms with van der Waals surface area (Å²) >= 11 is 25.5. The van der Waals surface area contributed by atoms with E-state index in [0.717, 1.165) is 11.3 Å². The van der Waals surface area contributed by atoms with Gasteiger partial charge in [0.2, 0.25) is 0 Å². The van der Waals surface area contributed by atoms with Crippen LogP contribution in [0.25, 0.3) is 11.3 Å². The molecule has 0 unspecified atom stereocenters. The number of hydrogen-bond donors (Lipinski definition) is 1. The number of amides is 1. The molecule has 1 N–H and O–H groups in total. The van der Waals surface area contributed by atoms with E-state index in [9.17, 15) is 9.59 Å². The lowest BCUT2D eigenvalue weighted by Crippen LogP contribution is -2.12. The molecule has 3 aromatic carbocycles. The minimum absolute atomic E-state index is 0.187. The fourth-order valence-electron chi connectivity index (χ4n) is 3.28. The van der Waals surface area contributed by atoms with Gasteiger partial charge in [0.05, 0.1) is 22.9 Å². The highest BCUT2D eigenvalue weighted by Gasteiger charge is 2.22. The highest BCUT2D eigenvalue weighted by molar-refractivity contribution is 7.18. The van der Waals surface area contributed by atoms with Gasteiger partial charge in [-0.15, -0.1) is 0 Å². The number of carbonyl (C=O) groups is 2. The van der Waals surface area contributed by atoms with Gasteiger partial charge in [-0.1, -0.05) is 63.8 Å². The molecule has 6 nitrogen and oxygen atoms in total. The van der Waals surface area contributed by atoms with Gasteiger partial charge in [0.25, 0.3) is 5.91 Å². The molecule has 4 rings (SSSR count). The largest absolute Gasteiger partial charge is 0.489 e. The molecule has 4 aromatic rings. The molecular weight excluding hydrogens is 578 g/mol. The Morgan fingerprint density at radius 1 is 0.946 bits per heavy atom. The van der Waals surface area contributed by atoms with Crippen LogP contribution >= 0.6 is 57.7 Å². The maximum atomic E-state index is 12.8. The monoisotopic (exact) mass is 594 g/mol. The van der Waals surface area contributed by atoms with Gasteiger partial charge >= 0.3 is 5.97 Å². The smallest absolute Gasteiger partial charge is 0.350 e. The van der Waals surface area contributed by atoms with E-state index in [4.69, 9.17) is 55.9 Å². The van der Waals surface area contributed by atoms with E-state index < -0.39 is 11.9 Å². The summed E-state index contributed by atoms with van der Waals surface area (Å²) in [6.07, 6.45) is 0. The second-order valence-electron chi connectivity index (χ2n) is 7.51. The van der Waals surface area contributed by atoms with Gasteiger partial charge in [0.1, 0.15) is 17.2 Å². The van der Waals surface area contributed by atoms with E-state index in [-0.39, 0.29) is 33.8 Å². The predicted molar refractivity (Wildman–Crippen MR) is 149 cm³/mol. The second kappa shape index (κ2) is 12.2. The number of carbonyl (C=O) groups excluding carboxylic acids is 2. The highest BCUT2D eigenvalue weighted by Crippen LogP contribution is 2.34. The number of hydrogen-bond acceptors (Lipinski definition) is 6. The number of aromatic nitrogens is 1. The number of anilines is 1. The summed E-state index contributed by atoms with van der Waals surface area (Å²) < 4.78 is 11.0. The van der Waals surface area contributed by atoms with Gasteiger partial charge < -0.3 is 9.47 Å². The van der Waals surface area contributed by atoms with Crippen molar-refractivity contribution in [1.82, 2.24) is 4.98 Å². The molecule has 0 radical (unpaired) electrons. The average Bonchev–Trinajstić information content (AvgIpc) is 3.28. The minimum atomic E-state index is -0.547. The standard InChI is InChI=1S/C26H18Cl4N2O4S/c1-2-35-25(34)23-22(31-26(37-23)32-24(33)17-11-8-15(27)12-21(17)30)14-6-9-16(10-7-14)36-13-18-19(28)4-3-5-20(18)29/h3-12H,2,13H2,1H3,(H,31,32,33). The third kappa shape index (κ3) is 6.55. The predicted octanol–water partition coefficient (Wildman–Crippen LogP) is 8.43. The first-order chi connectivity index (χ1) is 17.8. The van der Waals surface area contributed by atoms with E-state index in [1.165, 1.54) is 12.1 Å². The summed E-state index contributed by atoms with van der Waals surface area (Å²) in [6, 6.07) is 16.8. The van der Waals surface area contributed by atoms with Crippen molar-refractivity contribution in [3.05, 3.63) is 96.8 Å². The quantitative estimate of drug-likeness (QED) is 0.207. The normalized spacial score (nSPS) is 10.7. The lowest BCUT2D eigenvalue weighted by Gasteiger charge is -2.10. The Balaban J connectivity index is 1.56. The number of nitrogens with one attached hydrogen (secondary N) is 1. The first-order valence-electron chi connectivity index (χ1n) is 10.9. The third-order valence-electron chi connectivity index (χ3n) is 5.06. The Bertz CT molecular complexity index is 1440. The summed E-state index contributed by atoms with van der Waals surface area (Å²) in [5, 5.41) is 4.53. The fraction of sp³-hybridized carbons (Fsp3) is 0.115. The Labute approximate surface area is 237 Å². The number of esters is 1. The van der Waals surface area contributed by atoms with Gasteiger partial charge in [-0.25, -0.2) is 9.78 Å². The van der Waals surface area contributed by atoms with Gasteiger partial charge in [-0.3, -0.25) is 10.1 Å². The zero-order valence-corrected chi connectivity index (χ0v) is 23.0. The van der Waals surface area contributed by atoms with Crippen LogP contribution in [-0.2, 0) is 11.3 Å². The molecule has 0 aliphatic rings. The topological polar surface area (TPSA) is 77.5 Å². The lowest BCUT2D eigenvalue weighted by molar-refractivity contribution is 0.0532. The molecule has 11 heteroatoms. The van der Waals surface area contributed by atoms with Gasteiger partial charge in [-0.05, 0) is 61.5 Å². The molecule has 1 heterocycles. The van der Waals surface area contributed by atoms with Crippen molar-refractivity contribution in [2.45, 2.75) is 13.5 Å². The van der Waals surface area contributed by atoms with E-state index in [1.54, 1.807) is 55.5 Å². The van der Waals surface area contributed by atoms with Crippen LogP contribution in [0.5, 0.6) is 5.75 Å². The van der Waals surface area contributed by atoms with Crippen LogP contribution < -0.4 is 10.1 Å². The number of thiazole rings is 1. The van der Waals surface area contributed by atoms with Crippen LogP contribution in [-0.4, -0.2) is 23.5 Å². The Kier molecular flexibility index (Phi) is 8.95. The maximum Gasteiger partial charge on any atom is 0.350 e. The molecule has 0 fully saturated rings. The van der Waals surface area contributed by atoms with Crippen molar-refractivity contribution >= 4 is 74.7 Å². The maximum absolute atomic E-state index is 12.8. The minimum Gasteiger partial charge on any atom is -0.489 e. The second-order valence-corrected chi connectivity index (χ2v) is 10.2. The summed E-state index contributed by atoms with van der Waals surface area (Å²) in [7, 11) is 0. The fourth-order valence-corrected chi connectivity index (χ4v) is 5.15. The van der Waals surface area contributed by atoms with Crippen molar-refractivity contribution in [2.75, 3.05) is 11.9 Å². The molecule has 1 aromatic heterocycles. The highest BCUT2D eigenvalue weighted by atomic mass is 35.5. The molecule has 0 aliphatic carbocycles. The molecule has 0 atom stereocenters. The van der Waals surface area contributed by atoms with Crippen molar-refractivity contribution in [3.8, 4) is 17.0 Å². The number of halogens is 4. The SMILES string of the molecule is CCOC(=O)c1sc(NC(=O)c2ccc(Cl)cc2Cl)nc1-c1ccc(OCc2c(Cl)cccc2Cl)cc1. The molecule has 190 valence electrons. The average molecular weight is 596 g/mol. The number of nitrogens with zero attached hydrogens (tertiary/aromatic N) is 1. The van der Waals surface area contributed by atoms with Crippen molar-refractivity contribution in [1.29, 1.82) is 0 Å². The molecule has 0 aliphatic heterocycles. The van der Waals surface area contributed by atoms with Crippen molar-refractivity contribution in [3.63, 3.8) is 0 Å². The van der Waals surface area contributed by atoms with Crippen molar-refractivity contribution < 1.29 is 19.1 Å². The number of ether oxygens (including phenoxy) is 2. The van der Waals surface area contributed by atoms with Crippen molar-refractivity contribution in [2.24, 2.45) is 0 Å². The first kappa shape index (κ1) is 27.2. The van der Waals surface area contributed by atoms with E-state index in [0.29, 0.717) is 37.6 Å². The summed E-state index contributed by atoms with van der Waals surface area (Å²) in [5.74, 6) is -0.466. The summed E-state index contributed by atoms with van der Waals surface area (Å²) in [6.45, 7) is 2.09. The number of benzene rings is 3. The van der Waals surface area contributed by atoms with Gasteiger partial charge in [0, 0.05) is 26.2 Å². The third-order valence-corrected chi connectivity index (χ3v) is 7.26. The summed E-state index contributed by atoms with van der Waals surface area (Å²) in [5.41, 5.74) is 1.90. The van der Waals surface area contributed by atoms with E-state index in [2.05, 4.69) is 10.3 Å². The zero-order chi connectivity index (χ0) is 26.5. The number of rotatable bonds is 8. The molecule has 0 saturated carbocycles.